The molecule has 0 atom stereocenters. The summed E-state index contributed by atoms with van der Waals surface area (Å²) < 4.78 is 7.16. The molecule has 1 aromatic heterocycles. The van der Waals surface area contributed by atoms with E-state index in [4.69, 9.17) is 4.74 Å². The SMILES string of the molecule is Cc1cc(C(=O)COC(=O)CCN2C(=O)CCC2=O)c(C)n1CCc1ccccc1. The number of nitrogens with zero attached hydrogens (tertiary/aromatic N) is 2. The number of carbonyl (C=O) groups is 4. The number of rotatable bonds is 9. The van der Waals surface area contributed by atoms with Crippen LogP contribution in [0.25, 0.3) is 0 Å². The van der Waals surface area contributed by atoms with Crippen molar-refractivity contribution < 1.29 is 23.9 Å². The molecule has 2 aromatic rings. The Morgan fingerprint density at radius 2 is 1.67 bits per heavy atom. The van der Waals surface area contributed by atoms with Crippen LogP contribution in [-0.4, -0.2) is 46.2 Å². The lowest BCUT2D eigenvalue weighted by Crippen LogP contribution is -2.31. The molecule has 0 radical (unpaired) electrons. The molecule has 0 bridgehead atoms. The molecule has 0 spiro atoms. The number of ether oxygens (including phenoxy) is 1. The molecule has 7 nitrogen and oxygen atoms in total. The van der Waals surface area contributed by atoms with Crippen molar-refractivity contribution in [1.82, 2.24) is 9.47 Å². The van der Waals surface area contributed by atoms with Gasteiger partial charge in [0, 0.05) is 42.9 Å². The fourth-order valence-corrected chi connectivity index (χ4v) is 3.68. The number of benzene rings is 1. The average molecular weight is 410 g/mol. The molecular weight excluding hydrogens is 384 g/mol. The molecule has 3 rings (SSSR count). The van der Waals surface area contributed by atoms with Crippen LogP contribution in [0.1, 0.15) is 46.6 Å². The standard InChI is InChI=1S/C23H26N2O5/c1-16-14-19(17(2)24(16)12-10-18-6-4-3-5-7-18)20(26)15-30-23(29)11-13-25-21(27)8-9-22(25)28/h3-7,14H,8-13,15H2,1-2H3. The summed E-state index contributed by atoms with van der Waals surface area (Å²) in [6.45, 7) is 4.23. The lowest BCUT2D eigenvalue weighted by Gasteiger charge is -2.13. The van der Waals surface area contributed by atoms with Crippen LogP contribution in [-0.2, 0) is 32.1 Å². The van der Waals surface area contributed by atoms with Crippen LogP contribution in [0.3, 0.4) is 0 Å². The summed E-state index contributed by atoms with van der Waals surface area (Å²) in [5.41, 5.74) is 3.59. The van der Waals surface area contributed by atoms with Crippen LogP contribution in [0.2, 0.25) is 0 Å². The number of hydrogen-bond donors (Lipinski definition) is 0. The number of likely N-dealkylation sites (tertiary alicyclic amines) is 1. The number of amides is 2. The van der Waals surface area contributed by atoms with Crippen LogP contribution in [0.15, 0.2) is 36.4 Å². The van der Waals surface area contributed by atoms with E-state index in [2.05, 4.69) is 16.7 Å². The molecule has 1 aromatic carbocycles. The van der Waals surface area contributed by atoms with E-state index in [1.54, 1.807) is 0 Å². The highest BCUT2D eigenvalue weighted by Crippen LogP contribution is 2.17. The Morgan fingerprint density at radius 3 is 2.33 bits per heavy atom. The van der Waals surface area contributed by atoms with Gasteiger partial charge < -0.3 is 9.30 Å². The number of aromatic nitrogens is 1. The van der Waals surface area contributed by atoms with Crippen molar-refractivity contribution in [1.29, 1.82) is 0 Å². The maximum atomic E-state index is 12.6. The Balaban J connectivity index is 1.52. The zero-order valence-electron chi connectivity index (χ0n) is 17.3. The topological polar surface area (TPSA) is 85.7 Å². The van der Waals surface area contributed by atoms with Gasteiger partial charge >= 0.3 is 5.97 Å². The molecule has 0 aliphatic carbocycles. The Morgan fingerprint density at radius 1 is 1.00 bits per heavy atom. The second-order valence-electron chi connectivity index (χ2n) is 7.45. The van der Waals surface area contributed by atoms with Crippen molar-refractivity contribution in [2.75, 3.05) is 13.2 Å². The summed E-state index contributed by atoms with van der Waals surface area (Å²) in [5, 5.41) is 0. The summed E-state index contributed by atoms with van der Waals surface area (Å²) in [6.07, 6.45) is 1.12. The quantitative estimate of drug-likeness (QED) is 0.360. The first-order chi connectivity index (χ1) is 14.4. The smallest absolute Gasteiger partial charge is 0.308 e. The van der Waals surface area contributed by atoms with E-state index in [1.807, 2.05) is 38.1 Å². The minimum Gasteiger partial charge on any atom is -0.457 e. The Labute approximate surface area is 175 Å². The van der Waals surface area contributed by atoms with Crippen molar-refractivity contribution in [3.8, 4) is 0 Å². The largest absolute Gasteiger partial charge is 0.457 e. The summed E-state index contributed by atoms with van der Waals surface area (Å²) >= 11 is 0. The van der Waals surface area contributed by atoms with Gasteiger partial charge in [0.25, 0.3) is 0 Å². The predicted octanol–water partition coefficient (Wildman–Crippen LogP) is 2.61. The summed E-state index contributed by atoms with van der Waals surface area (Å²) in [4.78, 5) is 48.7. The van der Waals surface area contributed by atoms with E-state index in [0.29, 0.717) is 5.56 Å². The van der Waals surface area contributed by atoms with Crippen LogP contribution >= 0.6 is 0 Å². The second-order valence-corrected chi connectivity index (χ2v) is 7.45. The van der Waals surface area contributed by atoms with E-state index in [9.17, 15) is 19.2 Å². The van der Waals surface area contributed by atoms with Gasteiger partial charge in [-0.1, -0.05) is 30.3 Å². The summed E-state index contributed by atoms with van der Waals surface area (Å²) in [6, 6.07) is 12.0. The van der Waals surface area contributed by atoms with E-state index >= 15 is 0 Å². The third-order valence-corrected chi connectivity index (χ3v) is 5.40. The van der Waals surface area contributed by atoms with Crippen molar-refractivity contribution in [3.05, 3.63) is 58.9 Å². The fraction of sp³-hybridized carbons (Fsp3) is 0.391. The number of Topliss-reactive ketones (excluding diaryl/α,β-unsaturated/α-hetero) is 1. The van der Waals surface area contributed by atoms with E-state index in [-0.39, 0.29) is 50.0 Å². The molecule has 0 saturated carbocycles. The maximum absolute atomic E-state index is 12.6. The van der Waals surface area contributed by atoms with Gasteiger partial charge in [-0.05, 0) is 31.9 Å². The molecule has 0 unspecified atom stereocenters. The Bertz CT molecular complexity index is 945. The first-order valence-electron chi connectivity index (χ1n) is 10.1. The molecule has 2 amide bonds. The van der Waals surface area contributed by atoms with Crippen LogP contribution in [0, 0.1) is 13.8 Å². The number of carbonyl (C=O) groups excluding carboxylic acids is 4. The molecule has 0 N–H and O–H groups in total. The number of imide groups is 1. The first-order valence-corrected chi connectivity index (χ1v) is 10.1. The predicted molar refractivity (Wildman–Crippen MR) is 110 cm³/mol. The summed E-state index contributed by atoms with van der Waals surface area (Å²) in [5.74, 6) is -1.41. The molecule has 30 heavy (non-hydrogen) atoms. The molecule has 1 saturated heterocycles. The fourth-order valence-electron chi connectivity index (χ4n) is 3.68. The van der Waals surface area contributed by atoms with Gasteiger partial charge in [0.1, 0.15) is 0 Å². The van der Waals surface area contributed by atoms with Gasteiger partial charge in [-0.2, -0.15) is 0 Å². The normalized spacial score (nSPS) is 13.7. The molecule has 1 fully saturated rings. The third kappa shape index (κ3) is 5.03. The minimum absolute atomic E-state index is 0.00130. The highest BCUT2D eigenvalue weighted by Gasteiger charge is 2.29. The van der Waals surface area contributed by atoms with Gasteiger partial charge in [-0.15, -0.1) is 0 Å². The minimum atomic E-state index is -0.603. The number of hydrogen-bond acceptors (Lipinski definition) is 5. The Hall–Kier alpha value is -3.22. The van der Waals surface area contributed by atoms with Crippen molar-refractivity contribution in [2.45, 2.75) is 46.1 Å². The lowest BCUT2D eigenvalue weighted by atomic mass is 10.1. The number of aryl methyl sites for hydroxylation is 2. The van der Waals surface area contributed by atoms with Crippen LogP contribution < -0.4 is 0 Å². The van der Waals surface area contributed by atoms with Gasteiger partial charge in [-0.25, -0.2) is 0 Å². The van der Waals surface area contributed by atoms with E-state index in [0.717, 1.165) is 29.3 Å². The molecule has 158 valence electrons. The maximum Gasteiger partial charge on any atom is 0.308 e. The lowest BCUT2D eigenvalue weighted by molar-refractivity contribution is -0.144. The number of esters is 1. The van der Waals surface area contributed by atoms with Gasteiger partial charge in [0.15, 0.2) is 6.61 Å². The van der Waals surface area contributed by atoms with E-state index < -0.39 is 5.97 Å². The molecular formula is C23H26N2O5. The van der Waals surface area contributed by atoms with Gasteiger partial charge in [-0.3, -0.25) is 24.1 Å². The highest BCUT2D eigenvalue weighted by molar-refractivity contribution is 6.02. The molecule has 1 aliphatic rings. The zero-order valence-corrected chi connectivity index (χ0v) is 17.3. The van der Waals surface area contributed by atoms with Crippen LogP contribution in [0.4, 0.5) is 0 Å². The van der Waals surface area contributed by atoms with Crippen LogP contribution in [0.5, 0.6) is 0 Å². The number of ketones is 1. The highest BCUT2D eigenvalue weighted by atomic mass is 16.5. The molecule has 1 aliphatic heterocycles. The monoisotopic (exact) mass is 410 g/mol. The second kappa shape index (κ2) is 9.52. The van der Waals surface area contributed by atoms with E-state index in [1.165, 1.54) is 5.56 Å². The van der Waals surface area contributed by atoms with Crippen molar-refractivity contribution in [2.24, 2.45) is 0 Å². The molecule has 2 heterocycles. The van der Waals surface area contributed by atoms with Crippen molar-refractivity contribution in [3.63, 3.8) is 0 Å². The molecule has 7 heteroatoms. The average Bonchev–Trinajstić information content (AvgIpc) is 3.21. The summed E-state index contributed by atoms with van der Waals surface area (Å²) in [7, 11) is 0. The van der Waals surface area contributed by atoms with Crippen molar-refractivity contribution >= 4 is 23.6 Å². The Kier molecular flexibility index (Phi) is 6.82. The zero-order chi connectivity index (χ0) is 21.7. The van der Waals surface area contributed by atoms with Gasteiger partial charge in [0.05, 0.1) is 6.42 Å². The first kappa shape index (κ1) is 21.5. The van der Waals surface area contributed by atoms with Gasteiger partial charge in [0.2, 0.25) is 17.6 Å². The third-order valence-electron chi connectivity index (χ3n) is 5.40.